The molecule has 2 aromatic carbocycles. The molecule has 1 aromatic heterocycles. The van der Waals surface area contributed by atoms with Crippen molar-refractivity contribution >= 4 is 34.8 Å². The number of H-pyrrole nitrogens is 1. The fraction of sp³-hybridized carbons (Fsp3) is 0.208. The number of aromatic amines is 1. The van der Waals surface area contributed by atoms with E-state index in [2.05, 4.69) is 20.8 Å². The lowest BCUT2D eigenvalue weighted by molar-refractivity contribution is -0.122. The normalized spacial score (nSPS) is 23.9. The summed E-state index contributed by atoms with van der Waals surface area (Å²) in [7, 11) is 0. The summed E-state index contributed by atoms with van der Waals surface area (Å²) in [5.74, 6) is 0.357. The molecule has 0 saturated carbocycles. The largest absolute Gasteiger partial charge is 0.342 e. The maximum atomic E-state index is 13.7. The molecule has 1 spiro atoms. The quantitative estimate of drug-likeness (QED) is 0.532. The van der Waals surface area contributed by atoms with Gasteiger partial charge in [0.25, 0.3) is 0 Å². The summed E-state index contributed by atoms with van der Waals surface area (Å²) in [5, 5.41) is 14.3. The van der Waals surface area contributed by atoms with Crippen LogP contribution in [0.4, 0.5) is 11.5 Å². The molecule has 0 fully saturated rings. The number of halogens is 1. The van der Waals surface area contributed by atoms with Crippen LogP contribution < -0.4 is 10.6 Å². The highest BCUT2D eigenvalue weighted by Gasteiger charge is 2.59. The van der Waals surface area contributed by atoms with Crippen LogP contribution in [0.3, 0.4) is 0 Å². The third kappa shape index (κ3) is 2.36. The van der Waals surface area contributed by atoms with Crippen LogP contribution >= 0.6 is 11.6 Å². The van der Waals surface area contributed by atoms with Gasteiger partial charge < -0.3 is 10.6 Å². The highest BCUT2D eigenvalue weighted by Crippen LogP contribution is 2.56. The molecule has 3 N–H and O–H groups in total. The van der Waals surface area contributed by atoms with E-state index < -0.39 is 5.41 Å². The highest BCUT2D eigenvalue weighted by molar-refractivity contribution is 6.31. The lowest BCUT2D eigenvalue weighted by Gasteiger charge is -2.40. The maximum absolute atomic E-state index is 13.7. The summed E-state index contributed by atoms with van der Waals surface area (Å²) < 4.78 is 0. The molecule has 6 rings (SSSR count). The Bertz CT molecular complexity index is 1310. The van der Waals surface area contributed by atoms with Crippen LogP contribution in [-0.4, -0.2) is 21.9 Å². The number of hydrogen-bond acceptors (Lipinski definition) is 4. The van der Waals surface area contributed by atoms with Crippen molar-refractivity contribution in [2.45, 2.75) is 31.1 Å². The number of ketones is 1. The fourth-order valence-corrected chi connectivity index (χ4v) is 5.61. The Morgan fingerprint density at radius 2 is 1.87 bits per heavy atom. The van der Waals surface area contributed by atoms with Gasteiger partial charge in [-0.3, -0.25) is 14.7 Å². The second kappa shape index (κ2) is 6.31. The SMILES string of the molecule is Cc1[nH]nc2c1C1(C(=O)Nc3ccc(Cl)cc31)C1=C(CC(c3ccccc3)CC1=O)N2. The van der Waals surface area contributed by atoms with Gasteiger partial charge in [0.1, 0.15) is 5.41 Å². The van der Waals surface area contributed by atoms with Gasteiger partial charge in [-0.2, -0.15) is 5.10 Å². The van der Waals surface area contributed by atoms with Gasteiger partial charge >= 0.3 is 0 Å². The van der Waals surface area contributed by atoms with E-state index >= 15 is 0 Å². The molecule has 3 heterocycles. The van der Waals surface area contributed by atoms with Crippen LogP contribution in [0.2, 0.25) is 5.02 Å². The minimum absolute atomic E-state index is 0.0307. The van der Waals surface area contributed by atoms with Crippen molar-refractivity contribution in [2.75, 3.05) is 10.6 Å². The number of nitrogens with zero attached hydrogens (tertiary/aromatic N) is 1. The number of nitrogens with one attached hydrogen (secondary N) is 3. The number of rotatable bonds is 1. The van der Waals surface area contributed by atoms with Gasteiger partial charge in [-0.05, 0) is 43.0 Å². The molecule has 2 unspecified atom stereocenters. The molecule has 0 radical (unpaired) electrons. The summed E-state index contributed by atoms with van der Waals surface area (Å²) in [6, 6.07) is 15.4. The Labute approximate surface area is 183 Å². The number of Topliss-reactive ketones (excluding diaryl/α,β-unsaturated/α-hetero) is 1. The van der Waals surface area contributed by atoms with Gasteiger partial charge in [-0.25, -0.2) is 0 Å². The molecule has 0 saturated heterocycles. The summed E-state index contributed by atoms with van der Waals surface area (Å²) in [5.41, 5.74) is 3.94. The lowest BCUT2D eigenvalue weighted by Crippen LogP contribution is -2.46. The van der Waals surface area contributed by atoms with E-state index in [1.54, 1.807) is 18.2 Å². The number of carbonyl (C=O) groups excluding carboxylic acids is 2. The van der Waals surface area contributed by atoms with E-state index in [9.17, 15) is 9.59 Å². The zero-order valence-electron chi connectivity index (χ0n) is 16.8. The molecule has 3 aliphatic rings. The number of benzene rings is 2. The van der Waals surface area contributed by atoms with E-state index in [0.29, 0.717) is 46.1 Å². The van der Waals surface area contributed by atoms with Crippen molar-refractivity contribution in [2.24, 2.45) is 0 Å². The number of amides is 1. The van der Waals surface area contributed by atoms with Crippen LogP contribution in [0.5, 0.6) is 0 Å². The smallest absolute Gasteiger partial charge is 0.244 e. The van der Waals surface area contributed by atoms with Crippen LogP contribution in [0, 0.1) is 6.92 Å². The molecule has 31 heavy (non-hydrogen) atoms. The first kappa shape index (κ1) is 18.4. The Balaban J connectivity index is 1.62. The summed E-state index contributed by atoms with van der Waals surface area (Å²) in [4.78, 5) is 27.4. The monoisotopic (exact) mass is 430 g/mol. The van der Waals surface area contributed by atoms with Gasteiger partial charge in [0.05, 0.1) is 0 Å². The maximum Gasteiger partial charge on any atom is 0.244 e. The molecule has 6 nitrogen and oxygen atoms in total. The molecular weight excluding hydrogens is 412 g/mol. The molecule has 1 amide bonds. The predicted octanol–water partition coefficient (Wildman–Crippen LogP) is 4.44. The number of fused-ring (bicyclic) bond motifs is 5. The molecular formula is C24H19ClN4O2. The molecule has 3 aromatic rings. The van der Waals surface area contributed by atoms with Crippen molar-refractivity contribution in [1.29, 1.82) is 0 Å². The number of allylic oxidation sites excluding steroid dienone is 1. The van der Waals surface area contributed by atoms with Gasteiger partial charge in [-0.1, -0.05) is 41.9 Å². The highest BCUT2D eigenvalue weighted by atomic mass is 35.5. The van der Waals surface area contributed by atoms with Gasteiger partial charge in [0.15, 0.2) is 11.6 Å². The van der Waals surface area contributed by atoms with Crippen LogP contribution in [0.15, 0.2) is 59.8 Å². The second-order valence-electron chi connectivity index (χ2n) is 8.38. The molecule has 154 valence electrons. The minimum atomic E-state index is -1.26. The van der Waals surface area contributed by atoms with Crippen LogP contribution in [-0.2, 0) is 15.0 Å². The van der Waals surface area contributed by atoms with E-state index in [-0.39, 0.29) is 17.6 Å². The average molecular weight is 431 g/mol. The number of anilines is 2. The summed E-state index contributed by atoms with van der Waals surface area (Å²) in [6.07, 6.45) is 0.975. The molecule has 2 atom stereocenters. The average Bonchev–Trinajstić information content (AvgIpc) is 3.26. The number of hydrogen-bond donors (Lipinski definition) is 3. The Morgan fingerprint density at radius 1 is 1.06 bits per heavy atom. The Hall–Kier alpha value is -3.38. The predicted molar refractivity (Wildman–Crippen MR) is 118 cm³/mol. The zero-order chi connectivity index (χ0) is 21.3. The first-order chi connectivity index (χ1) is 15.0. The van der Waals surface area contributed by atoms with Crippen molar-refractivity contribution in [1.82, 2.24) is 10.2 Å². The molecule has 7 heteroatoms. The van der Waals surface area contributed by atoms with Crippen molar-refractivity contribution in [3.05, 3.63) is 87.2 Å². The zero-order valence-corrected chi connectivity index (χ0v) is 17.5. The first-order valence-electron chi connectivity index (χ1n) is 10.3. The van der Waals surface area contributed by atoms with Crippen molar-refractivity contribution in [3.8, 4) is 0 Å². The summed E-state index contributed by atoms with van der Waals surface area (Å²) >= 11 is 6.35. The number of aromatic nitrogens is 2. The van der Waals surface area contributed by atoms with E-state index in [1.807, 2.05) is 37.3 Å². The number of aryl methyl sites for hydroxylation is 1. The van der Waals surface area contributed by atoms with E-state index in [0.717, 1.165) is 17.0 Å². The van der Waals surface area contributed by atoms with Crippen molar-refractivity contribution < 1.29 is 9.59 Å². The van der Waals surface area contributed by atoms with Crippen LogP contribution in [0.25, 0.3) is 0 Å². The lowest BCUT2D eigenvalue weighted by atomic mass is 9.62. The van der Waals surface area contributed by atoms with E-state index in [1.165, 1.54) is 0 Å². The third-order valence-electron chi connectivity index (χ3n) is 6.67. The minimum Gasteiger partial charge on any atom is -0.342 e. The van der Waals surface area contributed by atoms with E-state index in [4.69, 9.17) is 11.6 Å². The Kier molecular flexibility index (Phi) is 3.74. The Morgan fingerprint density at radius 3 is 2.68 bits per heavy atom. The molecule has 1 aliphatic carbocycles. The van der Waals surface area contributed by atoms with Gasteiger partial charge in [0.2, 0.25) is 5.91 Å². The summed E-state index contributed by atoms with van der Waals surface area (Å²) in [6.45, 7) is 1.87. The number of carbonyl (C=O) groups is 2. The third-order valence-corrected chi connectivity index (χ3v) is 6.91. The topological polar surface area (TPSA) is 86.9 Å². The molecule has 2 aliphatic heterocycles. The second-order valence-corrected chi connectivity index (χ2v) is 8.82. The van der Waals surface area contributed by atoms with Crippen LogP contribution in [0.1, 0.15) is 41.1 Å². The molecule has 0 bridgehead atoms. The van der Waals surface area contributed by atoms with Crippen molar-refractivity contribution in [3.63, 3.8) is 0 Å². The first-order valence-corrected chi connectivity index (χ1v) is 10.6. The van der Waals surface area contributed by atoms with Gasteiger partial charge in [0, 0.05) is 45.2 Å². The van der Waals surface area contributed by atoms with Gasteiger partial charge in [-0.15, -0.1) is 0 Å². The standard InChI is InChI=1S/C24H19ClN4O2/c1-12-20-22(29-28-12)26-18-9-14(13-5-3-2-4-6-13)10-19(30)21(18)24(20)16-11-15(25)7-8-17(16)27-23(24)31/h2-8,11,14H,9-10H2,1H3,(H,27,31)(H2,26,28,29). The fourth-order valence-electron chi connectivity index (χ4n) is 5.44.